The molecule has 2 aromatic rings. The van der Waals surface area contributed by atoms with E-state index in [0.29, 0.717) is 23.1 Å². The number of nitrogens with zero attached hydrogens (tertiary/aromatic N) is 3. The van der Waals surface area contributed by atoms with Crippen molar-refractivity contribution in [3.8, 4) is 11.5 Å². The van der Waals surface area contributed by atoms with Crippen LogP contribution in [0.4, 0.5) is 0 Å². The highest BCUT2D eigenvalue weighted by Crippen LogP contribution is 2.39. The summed E-state index contributed by atoms with van der Waals surface area (Å²) in [5.41, 5.74) is 1.93. The van der Waals surface area contributed by atoms with Crippen LogP contribution < -0.4 is 9.47 Å². The van der Waals surface area contributed by atoms with Crippen molar-refractivity contribution in [2.24, 2.45) is 0 Å². The summed E-state index contributed by atoms with van der Waals surface area (Å²) in [5, 5.41) is 8.84. The van der Waals surface area contributed by atoms with E-state index in [0.717, 1.165) is 17.7 Å². The quantitative estimate of drug-likeness (QED) is 0.784. The van der Waals surface area contributed by atoms with Crippen LogP contribution in [0.5, 0.6) is 11.5 Å². The van der Waals surface area contributed by atoms with E-state index in [9.17, 15) is 0 Å². The number of hydrogen-bond donors (Lipinski definition) is 0. The Morgan fingerprint density at radius 1 is 1.45 bits per heavy atom. The van der Waals surface area contributed by atoms with Crippen molar-refractivity contribution < 1.29 is 9.47 Å². The van der Waals surface area contributed by atoms with Crippen LogP contribution in [0.15, 0.2) is 18.3 Å². The number of halogens is 2. The van der Waals surface area contributed by atoms with E-state index < -0.39 is 0 Å². The van der Waals surface area contributed by atoms with Gasteiger partial charge in [-0.05, 0) is 24.1 Å². The molecule has 0 amide bonds. The first kappa shape index (κ1) is 13.7. The summed E-state index contributed by atoms with van der Waals surface area (Å²) in [6.45, 7) is 2.90. The Balaban J connectivity index is 1.81. The fraction of sp³-hybridized carbons (Fsp3) is 0.385. The maximum Gasteiger partial charge on any atom is 0.231 e. The average molecular weight is 359 g/mol. The molecule has 0 N–H and O–H groups in total. The van der Waals surface area contributed by atoms with Crippen LogP contribution in [0.2, 0.25) is 5.02 Å². The maximum absolute atomic E-state index is 6.16. The molecule has 106 valence electrons. The van der Waals surface area contributed by atoms with Gasteiger partial charge in [0.2, 0.25) is 6.79 Å². The summed E-state index contributed by atoms with van der Waals surface area (Å²) in [6.07, 6.45) is 2.90. The summed E-state index contributed by atoms with van der Waals surface area (Å²) >= 11 is 9.72. The molecule has 0 radical (unpaired) electrons. The Bertz CT molecular complexity index is 632. The Hall–Kier alpha value is -1.27. The predicted molar refractivity (Wildman–Crippen MR) is 78.7 cm³/mol. The van der Waals surface area contributed by atoms with E-state index in [1.165, 1.54) is 0 Å². The summed E-state index contributed by atoms with van der Waals surface area (Å²) in [4.78, 5) is 0.233. The third kappa shape index (κ3) is 2.62. The van der Waals surface area contributed by atoms with Crippen molar-refractivity contribution in [3.05, 3.63) is 34.6 Å². The lowest BCUT2D eigenvalue weighted by Crippen LogP contribution is -2.00. The number of alkyl halides is 1. The second kappa shape index (κ2) is 5.61. The van der Waals surface area contributed by atoms with Gasteiger partial charge < -0.3 is 9.47 Å². The molecule has 1 aliphatic rings. The fourth-order valence-corrected chi connectivity index (χ4v) is 2.54. The molecule has 20 heavy (non-hydrogen) atoms. The third-order valence-electron chi connectivity index (χ3n) is 3.07. The van der Waals surface area contributed by atoms with Gasteiger partial charge in [0.05, 0.1) is 22.1 Å². The standard InChI is InChI=1S/C13H13BrClN3O2/c1-2-9(14)11-6-18(17-16-11)5-8-3-10(15)13-12(4-8)19-7-20-13/h3-4,6,9H,2,5,7H2,1H3. The molecule has 0 spiro atoms. The number of benzene rings is 1. The monoisotopic (exact) mass is 357 g/mol. The molecule has 0 saturated heterocycles. The van der Waals surface area contributed by atoms with Gasteiger partial charge in [-0.25, -0.2) is 4.68 Å². The number of hydrogen-bond acceptors (Lipinski definition) is 4. The largest absolute Gasteiger partial charge is 0.454 e. The van der Waals surface area contributed by atoms with Crippen LogP contribution in [0.3, 0.4) is 0 Å². The molecule has 1 aromatic heterocycles. The second-order valence-electron chi connectivity index (χ2n) is 4.53. The highest BCUT2D eigenvalue weighted by atomic mass is 79.9. The van der Waals surface area contributed by atoms with Crippen LogP contribution in [0.1, 0.15) is 29.4 Å². The molecule has 1 atom stereocenters. The summed E-state index contributed by atoms with van der Waals surface area (Å²) in [7, 11) is 0. The lowest BCUT2D eigenvalue weighted by Gasteiger charge is -2.05. The van der Waals surface area contributed by atoms with Crippen LogP contribution in [0.25, 0.3) is 0 Å². The van der Waals surface area contributed by atoms with Crippen LogP contribution >= 0.6 is 27.5 Å². The SMILES string of the molecule is CCC(Br)c1cn(Cc2cc(Cl)c3c(c2)OCO3)nn1. The van der Waals surface area contributed by atoms with Crippen molar-refractivity contribution >= 4 is 27.5 Å². The molecule has 7 heteroatoms. The minimum absolute atomic E-state index is 0.216. The van der Waals surface area contributed by atoms with Crippen molar-refractivity contribution in [1.82, 2.24) is 15.0 Å². The van der Waals surface area contributed by atoms with Gasteiger partial charge in [-0.1, -0.05) is 39.7 Å². The zero-order valence-corrected chi connectivity index (χ0v) is 13.2. The lowest BCUT2D eigenvalue weighted by molar-refractivity contribution is 0.174. The second-order valence-corrected chi connectivity index (χ2v) is 6.04. The molecule has 3 rings (SSSR count). The normalized spacial score (nSPS) is 14.6. The maximum atomic E-state index is 6.16. The Labute approximate surface area is 130 Å². The van der Waals surface area contributed by atoms with E-state index in [2.05, 4.69) is 33.2 Å². The van der Waals surface area contributed by atoms with Gasteiger partial charge >= 0.3 is 0 Å². The first-order chi connectivity index (χ1) is 9.67. The van der Waals surface area contributed by atoms with Gasteiger partial charge in [-0.2, -0.15) is 0 Å². The Morgan fingerprint density at radius 3 is 3.10 bits per heavy atom. The molecule has 5 nitrogen and oxygen atoms in total. The Morgan fingerprint density at radius 2 is 2.30 bits per heavy atom. The van der Waals surface area contributed by atoms with E-state index in [1.54, 1.807) is 4.68 Å². The number of rotatable bonds is 4. The summed E-state index contributed by atoms with van der Waals surface area (Å²) in [5.74, 6) is 1.29. The zero-order valence-electron chi connectivity index (χ0n) is 10.8. The highest BCUT2D eigenvalue weighted by Gasteiger charge is 2.18. The first-order valence-electron chi connectivity index (χ1n) is 6.29. The minimum atomic E-state index is 0.216. The molecule has 1 aromatic carbocycles. The van der Waals surface area contributed by atoms with Gasteiger partial charge in [-0.3, -0.25) is 0 Å². The number of aromatic nitrogens is 3. The van der Waals surface area contributed by atoms with Crippen molar-refractivity contribution in [1.29, 1.82) is 0 Å². The molecule has 0 fully saturated rings. The molecular formula is C13H13BrClN3O2. The van der Waals surface area contributed by atoms with Crippen LogP contribution in [-0.4, -0.2) is 21.8 Å². The van der Waals surface area contributed by atoms with Gasteiger partial charge in [0.1, 0.15) is 0 Å². The first-order valence-corrected chi connectivity index (χ1v) is 7.59. The van der Waals surface area contributed by atoms with E-state index in [-0.39, 0.29) is 11.6 Å². The molecule has 2 heterocycles. The fourth-order valence-electron chi connectivity index (χ4n) is 2.04. The molecule has 0 saturated carbocycles. The van der Waals surface area contributed by atoms with Crippen molar-refractivity contribution in [3.63, 3.8) is 0 Å². The van der Waals surface area contributed by atoms with Gasteiger partial charge in [-0.15, -0.1) is 5.10 Å². The lowest BCUT2D eigenvalue weighted by atomic mass is 10.2. The molecule has 0 aliphatic carbocycles. The topological polar surface area (TPSA) is 49.2 Å². The molecule has 1 aliphatic heterocycles. The van der Waals surface area contributed by atoms with E-state index in [4.69, 9.17) is 21.1 Å². The smallest absolute Gasteiger partial charge is 0.231 e. The van der Waals surface area contributed by atoms with Gasteiger partial charge in [0.15, 0.2) is 11.5 Å². The predicted octanol–water partition coefficient (Wildman–Crippen LogP) is 3.55. The summed E-state index contributed by atoms with van der Waals surface area (Å²) < 4.78 is 12.4. The van der Waals surface area contributed by atoms with Gasteiger partial charge in [0.25, 0.3) is 0 Å². The molecular weight excluding hydrogens is 346 g/mol. The highest BCUT2D eigenvalue weighted by molar-refractivity contribution is 9.09. The zero-order chi connectivity index (χ0) is 14.1. The Kier molecular flexibility index (Phi) is 3.85. The van der Waals surface area contributed by atoms with Crippen LogP contribution in [0, 0.1) is 0 Å². The average Bonchev–Trinajstić information content (AvgIpc) is 3.07. The third-order valence-corrected chi connectivity index (χ3v) is 4.46. The van der Waals surface area contributed by atoms with Crippen molar-refractivity contribution in [2.75, 3.05) is 6.79 Å². The minimum Gasteiger partial charge on any atom is -0.454 e. The van der Waals surface area contributed by atoms with Crippen LogP contribution in [-0.2, 0) is 6.54 Å². The number of fused-ring (bicyclic) bond motifs is 1. The van der Waals surface area contributed by atoms with Crippen molar-refractivity contribution in [2.45, 2.75) is 24.7 Å². The molecule has 1 unspecified atom stereocenters. The number of ether oxygens (including phenoxy) is 2. The molecule has 0 bridgehead atoms. The van der Waals surface area contributed by atoms with E-state index in [1.807, 2.05) is 18.3 Å². The van der Waals surface area contributed by atoms with E-state index >= 15 is 0 Å². The summed E-state index contributed by atoms with van der Waals surface area (Å²) in [6, 6.07) is 3.78. The van der Waals surface area contributed by atoms with Gasteiger partial charge in [0, 0.05) is 6.20 Å².